The van der Waals surface area contributed by atoms with Crippen LogP contribution in [0.4, 0.5) is 0 Å². The molecule has 4 rings (SSSR count). The largest absolute Gasteiger partial charge is 0.493 e. The Hall–Kier alpha value is -3.86. The second-order valence-electron chi connectivity index (χ2n) is 7.39. The average molecular weight is 413 g/mol. The third-order valence-corrected chi connectivity index (χ3v) is 4.93. The Morgan fingerprint density at radius 2 is 1.58 bits per heavy atom. The summed E-state index contributed by atoms with van der Waals surface area (Å²) in [6, 6.07) is 21.3. The van der Waals surface area contributed by atoms with Crippen molar-refractivity contribution in [3.63, 3.8) is 0 Å². The Morgan fingerprint density at radius 1 is 0.903 bits per heavy atom. The Morgan fingerprint density at radius 3 is 2.26 bits per heavy atom. The van der Waals surface area contributed by atoms with Crippen molar-refractivity contribution < 1.29 is 19.0 Å². The number of aliphatic imine (C=N–C) groups is 1. The minimum Gasteiger partial charge on any atom is -0.493 e. The van der Waals surface area contributed by atoms with Crippen LogP contribution in [0.5, 0.6) is 11.5 Å². The van der Waals surface area contributed by atoms with Gasteiger partial charge < -0.3 is 14.2 Å². The van der Waals surface area contributed by atoms with E-state index in [0.29, 0.717) is 24.0 Å². The van der Waals surface area contributed by atoms with Crippen molar-refractivity contribution in [3.05, 3.63) is 100 Å². The maximum absolute atomic E-state index is 12.3. The molecule has 1 heterocycles. The molecule has 0 saturated heterocycles. The molecule has 5 nitrogen and oxygen atoms in total. The third kappa shape index (κ3) is 4.83. The number of nitrogens with zero attached hydrogens (tertiary/aromatic N) is 1. The van der Waals surface area contributed by atoms with E-state index in [1.807, 2.05) is 61.5 Å². The Labute approximate surface area is 181 Å². The van der Waals surface area contributed by atoms with Crippen molar-refractivity contribution in [2.45, 2.75) is 20.5 Å². The normalized spacial score (nSPS) is 14.4. The first-order valence-corrected chi connectivity index (χ1v) is 9.98. The predicted octanol–water partition coefficient (Wildman–Crippen LogP) is 5.24. The molecule has 3 aromatic rings. The van der Waals surface area contributed by atoms with Gasteiger partial charge in [-0.25, -0.2) is 9.79 Å². The van der Waals surface area contributed by atoms with Crippen LogP contribution in [-0.4, -0.2) is 19.0 Å². The zero-order valence-electron chi connectivity index (χ0n) is 17.7. The minimum atomic E-state index is -0.478. The molecule has 0 aromatic heterocycles. The van der Waals surface area contributed by atoms with Crippen LogP contribution in [0.1, 0.15) is 27.8 Å². The van der Waals surface area contributed by atoms with E-state index >= 15 is 0 Å². The highest BCUT2D eigenvalue weighted by Gasteiger charge is 2.24. The topological polar surface area (TPSA) is 57.1 Å². The maximum atomic E-state index is 12.3. The number of rotatable bonds is 6. The average Bonchev–Trinajstić information content (AvgIpc) is 3.14. The molecule has 0 unspecified atom stereocenters. The number of hydrogen-bond acceptors (Lipinski definition) is 5. The van der Waals surface area contributed by atoms with E-state index in [1.54, 1.807) is 13.2 Å². The van der Waals surface area contributed by atoms with Gasteiger partial charge in [-0.3, -0.25) is 0 Å². The van der Waals surface area contributed by atoms with Gasteiger partial charge in [-0.15, -0.1) is 0 Å². The molecule has 0 atom stereocenters. The number of cyclic esters (lactones) is 1. The van der Waals surface area contributed by atoms with Crippen LogP contribution in [0.2, 0.25) is 0 Å². The van der Waals surface area contributed by atoms with Gasteiger partial charge in [0.2, 0.25) is 5.90 Å². The van der Waals surface area contributed by atoms with Crippen molar-refractivity contribution in [2.75, 3.05) is 7.11 Å². The summed E-state index contributed by atoms with van der Waals surface area (Å²) in [6.45, 7) is 4.49. The summed E-state index contributed by atoms with van der Waals surface area (Å²) >= 11 is 0. The number of methoxy groups -OCH3 is 1. The molecule has 0 aliphatic carbocycles. The molecule has 0 radical (unpaired) electrons. The number of carbonyl (C=O) groups is 1. The first-order chi connectivity index (χ1) is 15.0. The Kier molecular flexibility index (Phi) is 5.85. The molecule has 0 bridgehead atoms. The van der Waals surface area contributed by atoms with Crippen LogP contribution in [-0.2, 0) is 16.1 Å². The van der Waals surface area contributed by atoms with Crippen molar-refractivity contribution in [1.82, 2.24) is 0 Å². The second kappa shape index (κ2) is 8.88. The van der Waals surface area contributed by atoms with E-state index in [9.17, 15) is 4.79 Å². The van der Waals surface area contributed by atoms with Gasteiger partial charge in [0.1, 0.15) is 6.61 Å². The minimum absolute atomic E-state index is 0.242. The van der Waals surface area contributed by atoms with Gasteiger partial charge in [0.15, 0.2) is 17.2 Å². The molecule has 0 fully saturated rings. The van der Waals surface area contributed by atoms with Gasteiger partial charge >= 0.3 is 5.97 Å². The van der Waals surface area contributed by atoms with Gasteiger partial charge in [-0.1, -0.05) is 53.6 Å². The summed E-state index contributed by atoms with van der Waals surface area (Å²) in [7, 11) is 1.59. The zero-order chi connectivity index (χ0) is 21.8. The monoisotopic (exact) mass is 413 g/mol. The number of hydrogen-bond donors (Lipinski definition) is 0. The lowest BCUT2D eigenvalue weighted by atomic mass is 10.1. The molecule has 31 heavy (non-hydrogen) atoms. The molecular weight excluding hydrogens is 390 g/mol. The van der Waals surface area contributed by atoms with E-state index in [-0.39, 0.29) is 5.70 Å². The summed E-state index contributed by atoms with van der Waals surface area (Å²) in [5, 5.41) is 0. The lowest BCUT2D eigenvalue weighted by Gasteiger charge is -2.11. The quantitative estimate of drug-likeness (QED) is 0.410. The first-order valence-electron chi connectivity index (χ1n) is 9.98. The molecule has 0 N–H and O–H groups in total. The molecule has 3 aromatic carbocycles. The summed E-state index contributed by atoms with van der Waals surface area (Å²) in [5.41, 5.74) is 5.18. The summed E-state index contributed by atoms with van der Waals surface area (Å²) < 4.78 is 16.7. The fraction of sp³-hybridized carbons (Fsp3) is 0.154. The van der Waals surface area contributed by atoms with Crippen molar-refractivity contribution in [3.8, 4) is 11.5 Å². The highest BCUT2D eigenvalue weighted by atomic mass is 16.6. The summed E-state index contributed by atoms with van der Waals surface area (Å²) in [4.78, 5) is 16.6. The van der Waals surface area contributed by atoms with Crippen molar-refractivity contribution in [2.24, 2.45) is 4.99 Å². The number of ether oxygens (including phenoxy) is 3. The molecule has 0 amide bonds. The van der Waals surface area contributed by atoms with Crippen LogP contribution < -0.4 is 9.47 Å². The smallest absolute Gasteiger partial charge is 0.363 e. The molecule has 0 spiro atoms. The van der Waals surface area contributed by atoms with Crippen LogP contribution in [0.25, 0.3) is 6.08 Å². The maximum Gasteiger partial charge on any atom is 0.363 e. The lowest BCUT2D eigenvalue weighted by Crippen LogP contribution is -2.05. The van der Waals surface area contributed by atoms with E-state index in [4.69, 9.17) is 14.2 Å². The number of carbonyl (C=O) groups excluding carboxylic acids is 1. The SMILES string of the molecule is COc1cc(/C=C2\N=C(c3ccc(C)cc3)OC2=O)ccc1OCc1ccc(C)cc1. The van der Waals surface area contributed by atoms with E-state index in [0.717, 1.165) is 22.3 Å². The molecule has 0 saturated carbocycles. The van der Waals surface area contributed by atoms with Crippen LogP contribution >= 0.6 is 0 Å². The summed E-state index contributed by atoms with van der Waals surface area (Å²) in [6.07, 6.45) is 1.68. The van der Waals surface area contributed by atoms with Crippen molar-refractivity contribution in [1.29, 1.82) is 0 Å². The van der Waals surface area contributed by atoms with Gasteiger partial charge in [0.25, 0.3) is 0 Å². The highest BCUT2D eigenvalue weighted by Crippen LogP contribution is 2.30. The molecule has 156 valence electrons. The van der Waals surface area contributed by atoms with Gasteiger partial charge in [0, 0.05) is 5.56 Å². The van der Waals surface area contributed by atoms with Gasteiger partial charge in [0.05, 0.1) is 7.11 Å². The van der Waals surface area contributed by atoms with Gasteiger partial charge in [-0.2, -0.15) is 0 Å². The molecule has 1 aliphatic rings. The fourth-order valence-electron chi connectivity index (χ4n) is 3.13. The highest BCUT2D eigenvalue weighted by molar-refractivity contribution is 6.12. The standard InChI is InChI=1S/C26H23NO4/c1-17-4-8-19(9-5-17)16-30-23-13-10-20(15-24(23)29-3)14-22-26(28)31-25(27-22)21-11-6-18(2)7-12-21/h4-15H,16H2,1-3H3/b22-14-. The third-order valence-electron chi connectivity index (χ3n) is 4.93. The van der Waals surface area contributed by atoms with E-state index in [1.165, 1.54) is 5.56 Å². The van der Waals surface area contributed by atoms with Crippen molar-refractivity contribution >= 4 is 17.9 Å². The molecule has 1 aliphatic heterocycles. The van der Waals surface area contributed by atoms with E-state index in [2.05, 4.69) is 24.0 Å². The van der Waals surface area contributed by atoms with Crippen LogP contribution in [0.3, 0.4) is 0 Å². The fourth-order valence-corrected chi connectivity index (χ4v) is 3.13. The van der Waals surface area contributed by atoms with Crippen LogP contribution in [0.15, 0.2) is 77.4 Å². The van der Waals surface area contributed by atoms with E-state index < -0.39 is 5.97 Å². The summed E-state index contributed by atoms with van der Waals surface area (Å²) in [5.74, 6) is 1.04. The molecule has 5 heteroatoms. The Bertz CT molecular complexity index is 1160. The van der Waals surface area contributed by atoms with Gasteiger partial charge in [-0.05, 0) is 55.3 Å². The number of benzene rings is 3. The predicted molar refractivity (Wildman–Crippen MR) is 120 cm³/mol. The number of aryl methyl sites for hydroxylation is 2. The lowest BCUT2D eigenvalue weighted by molar-refractivity contribution is -0.129. The molecular formula is C26H23NO4. The Balaban J connectivity index is 1.52. The first kappa shape index (κ1) is 20.4. The second-order valence-corrected chi connectivity index (χ2v) is 7.39. The van der Waals surface area contributed by atoms with Crippen LogP contribution in [0, 0.1) is 13.8 Å². The zero-order valence-corrected chi connectivity index (χ0v) is 17.7. The number of esters is 1.